The fraction of sp³-hybridized carbons (Fsp3) is 0.273. The van der Waals surface area contributed by atoms with E-state index in [9.17, 15) is 4.79 Å². The number of hydrogen-bond donors (Lipinski definition) is 2. The number of methoxy groups -OCH3 is 1. The first-order valence-electron chi connectivity index (χ1n) is 9.64. The summed E-state index contributed by atoms with van der Waals surface area (Å²) in [5, 5.41) is 11.2. The van der Waals surface area contributed by atoms with E-state index in [4.69, 9.17) is 16.3 Å². The van der Waals surface area contributed by atoms with Crippen LogP contribution in [0.15, 0.2) is 54.6 Å². The SMILES string of the molecule is COc1ccc(Cl)cc1C(=O)NC1CCN(c2cc(-c3ccccc3)[nH]n2)CC1. The molecule has 0 aliphatic carbocycles. The number of amides is 1. The maximum atomic E-state index is 12.7. The van der Waals surface area contributed by atoms with E-state index in [1.807, 2.05) is 18.2 Å². The molecule has 1 aliphatic heterocycles. The first-order valence-corrected chi connectivity index (χ1v) is 10.0. The van der Waals surface area contributed by atoms with E-state index >= 15 is 0 Å². The molecule has 29 heavy (non-hydrogen) atoms. The van der Waals surface area contributed by atoms with Crippen LogP contribution in [-0.4, -0.2) is 42.3 Å². The quantitative estimate of drug-likeness (QED) is 0.663. The number of H-pyrrole nitrogens is 1. The van der Waals surface area contributed by atoms with Gasteiger partial charge in [-0.25, -0.2) is 0 Å². The number of nitrogens with zero attached hydrogens (tertiary/aromatic N) is 2. The lowest BCUT2D eigenvalue weighted by Gasteiger charge is -2.32. The Morgan fingerprint density at radius 3 is 2.66 bits per heavy atom. The van der Waals surface area contributed by atoms with Crippen LogP contribution in [0.4, 0.5) is 5.82 Å². The van der Waals surface area contributed by atoms with Gasteiger partial charge in [-0.2, -0.15) is 5.10 Å². The number of carbonyl (C=O) groups excluding carboxylic acids is 1. The minimum atomic E-state index is -0.158. The minimum Gasteiger partial charge on any atom is -0.496 e. The molecule has 2 N–H and O–H groups in total. The predicted molar refractivity (Wildman–Crippen MR) is 115 cm³/mol. The van der Waals surface area contributed by atoms with Crippen LogP contribution in [0.25, 0.3) is 11.3 Å². The molecule has 0 spiro atoms. The standard InChI is InChI=1S/C22H23ClN4O2/c1-29-20-8-7-16(23)13-18(20)22(28)24-17-9-11-27(12-10-17)21-14-19(25-26-21)15-5-3-2-4-6-15/h2-8,13-14,17H,9-12H2,1H3,(H,24,28)(H,25,26). The Morgan fingerprint density at radius 2 is 1.93 bits per heavy atom. The van der Waals surface area contributed by atoms with Gasteiger partial charge < -0.3 is 15.0 Å². The summed E-state index contributed by atoms with van der Waals surface area (Å²) in [6, 6.07) is 17.4. The van der Waals surface area contributed by atoms with Crippen LogP contribution in [0.5, 0.6) is 5.75 Å². The molecule has 0 unspecified atom stereocenters. The zero-order valence-electron chi connectivity index (χ0n) is 16.2. The van der Waals surface area contributed by atoms with Crippen LogP contribution >= 0.6 is 11.6 Å². The van der Waals surface area contributed by atoms with Gasteiger partial charge in [0.25, 0.3) is 5.91 Å². The number of ether oxygens (including phenoxy) is 1. The van der Waals surface area contributed by atoms with Crippen molar-refractivity contribution in [3.8, 4) is 17.0 Å². The van der Waals surface area contributed by atoms with Gasteiger partial charge in [-0.05, 0) is 36.6 Å². The highest BCUT2D eigenvalue weighted by molar-refractivity contribution is 6.31. The van der Waals surface area contributed by atoms with Crippen molar-refractivity contribution in [2.75, 3.05) is 25.1 Å². The lowest BCUT2D eigenvalue weighted by atomic mass is 10.0. The van der Waals surface area contributed by atoms with Gasteiger partial charge in [-0.1, -0.05) is 41.9 Å². The molecule has 0 atom stereocenters. The molecule has 1 fully saturated rings. The average Bonchev–Trinajstić information content (AvgIpc) is 3.25. The van der Waals surface area contributed by atoms with Gasteiger partial charge in [0.05, 0.1) is 18.4 Å². The smallest absolute Gasteiger partial charge is 0.255 e. The summed E-state index contributed by atoms with van der Waals surface area (Å²) in [6.45, 7) is 1.66. The summed E-state index contributed by atoms with van der Waals surface area (Å²) in [7, 11) is 1.55. The molecule has 1 aliphatic rings. The Labute approximate surface area is 174 Å². The molecule has 2 aromatic carbocycles. The second-order valence-electron chi connectivity index (χ2n) is 7.09. The molecule has 7 heteroatoms. The van der Waals surface area contributed by atoms with Crippen molar-refractivity contribution in [2.45, 2.75) is 18.9 Å². The van der Waals surface area contributed by atoms with E-state index in [0.29, 0.717) is 16.3 Å². The molecule has 1 saturated heterocycles. The van der Waals surface area contributed by atoms with Crippen molar-refractivity contribution in [3.05, 3.63) is 65.2 Å². The van der Waals surface area contributed by atoms with Crippen LogP contribution in [0.2, 0.25) is 5.02 Å². The molecule has 6 nitrogen and oxygen atoms in total. The third-order valence-corrected chi connectivity index (χ3v) is 5.44. The van der Waals surface area contributed by atoms with E-state index < -0.39 is 0 Å². The van der Waals surface area contributed by atoms with Gasteiger partial charge >= 0.3 is 0 Å². The van der Waals surface area contributed by atoms with Crippen LogP contribution in [0.3, 0.4) is 0 Å². The van der Waals surface area contributed by atoms with Gasteiger partial charge in [0, 0.05) is 30.2 Å². The second kappa shape index (κ2) is 8.57. The van der Waals surface area contributed by atoms with Crippen LogP contribution in [0, 0.1) is 0 Å². The van der Waals surface area contributed by atoms with E-state index in [1.165, 1.54) is 0 Å². The number of aromatic amines is 1. The number of rotatable bonds is 5. The zero-order chi connectivity index (χ0) is 20.2. The molecule has 0 saturated carbocycles. The van der Waals surface area contributed by atoms with Gasteiger partial charge in [0.1, 0.15) is 5.75 Å². The predicted octanol–water partition coefficient (Wildman–Crippen LogP) is 4.14. The number of halogens is 1. The number of hydrogen-bond acceptors (Lipinski definition) is 4. The first-order chi connectivity index (χ1) is 14.1. The fourth-order valence-corrected chi connectivity index (χ4v) is 3.78. The lowest BCUT2D eigenvalue weighted by Crippen LogP contribution is -2.44. The van der Waals surface area contributed by atoms with Crippen molar-refractivity contribution >= 4 is 23.3 Å². The van der Waals surface area contributed by atoms with Crippen molar-refractivity contribution in [1.29, 1.82) is 0 Å². The van der Waals surface area contributed by atoms with E-state index in [2.05, 4.69) is 38.6 Å². The normalized spacial score (nSPS) is 14.6. The number of piperidine rings is 1. The summed E-state index contributed by atoms with van der Waals surface area (Å²) in [4.78, 5) is 14.9. The monoisotopic (exact) mass is 410 g/mol. The molecule has 0 radical (unpaired) electrons. The third kappa shape index (κ3) is 4.38. The van der Waals surface area contributed by atoms with Crippen molar-refractivity contribution in [2.24, 2.45) is 0 Å². The minimum absolute atomic E-state index is 0.106. The van der Waals surface area contributed by atoms with Gasteiger partial charge in [0.2, 0.25) is 0 Å². The zero-order valence-corrected chi connectivity index (χ0v) is 16.9. The molecule has 4 rings (SSSR count). The van der Waals surface area contributed by atoms with Gasteiger partial charge in [-0.3, -0.25) is 9.89 Å². The Morgan fingerprint density at radius 1 is 1.17 bits per heavy atom. The number of anilines is 1. The molecule has 2 heterocycles. The summed E-state index contributed by atoms with van der Waals surface area (Å²) >= 11 is 6.04. The fourth-order valence-electron chi connectivity index (χ4n) is 3.61. The van der Waals surface area contributed by atoms with Crippen LogP contribution in [-0.2, 0) is 0 Å². The van der Waals surface area contributed by atoms with Crippen molar-refractivity contribution in [1.82, 2.24) is 15.5 Å². The lowest BCUT2D eigenvalue weighted by molar-refractivity contribution is 0.0928. The third-order valence-electron chi connectivity index (χ3n) is 5.21. The maximum Gasteiger partial charge on any atom is 0.255 e. The maximum absolute atomic E-state index is 12.7. The largest absolute Gasteiger partial charge is 0.496 e. The number of aromatic nitrogens is 2. The van der Waals surface area contributed by atoms with E-state index in [0.717, 1.165) is 43.0 Å². The van der Waals surface area contributed by atoms with E-state index in [1.54, 1.807) is 25.3 Å². The number of nitrogens with one attached hydrogen (secondary N) is 2. The molecule has 0 bridgehead atoms. The molecule has 150 valence electrons. The summed E-state index contributed by atoms with van der Waals surface area (Å²) < 4.78 is 5.28. The van der Waals surface area contributed by atoms with Crippen LogP contribution < -0.4 is 15.0 Å². The summed E-state index contributed by atoms with van der Waals surface area (Å²) in [5.41, 5.74) is 2.58. The topological polar surface area (TPSA) is 70.2 Å². The number of benzene rings is 2. The Balaban J connectivity index is 1.36. The molecular weight excluding hydrogens is 388 g/mol. The van der Waals surface area contributed by atoms with Crippen molar-refractivity contribution < 1.29 is 9.53 Å². The molecular formula is C22H23ClN4O2. The Bertz CT molecular complexity index is 981. The van der Waals surface area contributed by atoms with E-state index in [-0.39, 0.29) is 11.9 Å². The van der Waals surface area contributed by atoms with Crippen LogP contribution in [0.1, 0.15) is 23.2 Å². The highest BCUT2D eigenvalue weighted by Crippen LogP contribution is 2.25. The number of carbonyl (C=O) groups is 1. The molecule has 1 amide bonds. The second-order valence-corrected chi connectivity index (χ2v) is 7.52. The highest BCUT2D eigenvalue weighted by Gasteiger charge is 2.24. The summed E-state index contributed by atoms with van der Waals surface area (Å²) in [6.07, 6.45) is 1.70. The average molecular weight is 411 g/mol. The Kier molecular flexibility index (Phi) is 5.71. The molecule has 1 aromatic heterocycles. The molecule has 3 aromatic rings. The highest BCUT2D eigenvalue weighted by atomic mass is 35.5. The Hall–Kier alpha value is -2.99. The van der Waals surface area contributed by atoms with Gasteiger partial charge in [0.15, 0.2) is 5.82 Å². The van der Waals surface area contributed by atoms with Gasteiger partial charge in [-0.15, -0.1) is 0 Å². The van der Waals surface area contributed by atoms with Crippen molar-refractivity contribution in [3.63, 3.8) is 0 Å². The summed E-state index contributed by atoms with van der Waals surface area (Å²) in [5.74, 6) is 1.30. The first kappa shape index (κ1) is 19.3.